The van der Waals surface area contributed by atoms with Crippen molar-refractivity contribution in [2.45, 2.75) is 38.8 Å². The molecular formula is C15H24N2. The molecule has 1 aromatic rings. The largest absolute Gasteiger partial charge is 0.318 e. The summed E-state index contributed by atoms with van der Waals surface area (Å²) in [6, 6.07) is 9.68. The number of nitrogens with zero attached hydrogens (tertiary/aromatic N) is 1. The SMILES string of the molecule is CNCC1CCCCN1Cc1ccc(C)cc1. The van der Waals surface area contributed by atoms with E-state index in [4.69, 9.17) is 0 Å². The lowest BCUT2D eigenvalue weighted by atomic mass is 10.0. The van der Waals surface area contributed by atoms with Crippen LogP contribution in [0.3, 0.4) is 0 Å². The predicted octanol–water partition coefficient (Wildman–Crippen LogP) is 2.57. The third kappa shape index (κ3) is 3.55. The fourth-order valence-electron chi connectivity index (χ4n) is 2.66. The van der Waals surface area contributed by atoms with Crippen LogP contribution in [0, 0.1) is 6.92 Å². The van der Waals surface area contributed by atoms with Crippen LogP contribution in [0.4, 0.5) is 0 Å². The molecular weight excluding hydrogens is 208 g/mol. The number of benzene rings is 1. The molecule has 0 aliphatic carbocycles. The molecule has 1 aromatic carbocycles. The number of piperidine rings is 1. The molecule has 1 fully saturated rings. The van der Waals surface area contributed by atoms with Gasteiger partial charge in [-0.2, -0.15) is 0 Å². The van der Waals surface area contributed by atoms with Crippen molar-refractivity contribution in [3.8, 4) is 0 Å². The summed E-state index contributed by atoms with van der Waals surface area (Å²) in [5.41, 5.74) is 2.79. The second-order valence-electron chi connectivity index (χ2n) is 5.16. The maximum absolute atomic E-state index is 3.32. The highest BCUT2D eigenvalue weighted by Crippen LogP contribution is 2.19. The quantitative estimate of drug-likeness (QED) is 0.858. The minimum absolute atomic E-state index is 0.718. The van der Waals surface area contributed by atoms with Crippen molar-refractivity contribution >= 4 is 0 Å². The van der Waals surface area contributed by atoms with E-state index in [0.717, 1.165) is 19.1 Å². The zero-order valence-electron chi connectivity index (χ0n) is 11.1. The molecule has 94 valence electrons. The van der Waals surface area contributed by atoms with E-state index in [9.17, 15) is 0 Å². The molecule has 17 heavy (non-hydrogen) atoms. The molecule has 0 spiro atoms. The first kappa shape index (κ1) is 12.6. The van der Waals surface area contributed by atoms with E-state index in [2.05, 4.69) is 48.5 Å². The van der Waals surface area contributed by atoms with E-state index in [1.54, 1.807) is 0 Å². The summed E-state index contributed by atoms with van der Waals surface area (Å²) in [7, 11) is 2.05. The zero-order valence-corrected chi connectivity index (χ0v) is 11.1. The number of hydrogen-bond acceptors (Lipinski definition) is 2. The van der Waals surface area contributed by atoms with Gasteiger partial charge in [-0.05, 0) is 38.9 Å². The van der Waals surface area contributed by atoms with Gasteiger partial charge in [0, 0.05) is 19.1 Å². The van der Waals surface area contributed by atoms with Crippen LogP contribution < -0.4 is 5.32 Å². The maximum Gasteiger partial charge on any atom is 0.0237 e. The van der Waals surface area contributed by atoms with Gasteiger partial charge >= 0.3 is 0 Å². The van der Waals surface area contributed by atoms with Gasteiger partial charge in [0.05, 0.1) is 0 Å². The van der Waals surface area contributed by atoms with Gasteiger partial charge in [-0.15, -0.1) is 0 Å². The van der Waals surface area contributed by atoms with E-state index in [0.29, 0.717) is 0 Å². The number of nitrogens with one attached hydrogen (secondary N) is 1. The standard InChI is InChI=1S/C15H24N2/c1-13-6-8-14(9-7-13)12-17-10-4-3-5-15(17)11-16-2/h6-9,15-16H,3-5,10-12H2,1-2H3. The van der Waals surface area contributed by atoms with Crippen LogP contribution in [0.1, 0.15) is 30.4 Å². The minimum Gasteiger partial charge on any atom is -0.318 e. The van der Waals surface area contributed by atoms with Crippen molar-refractivity contribution < 1.29 is 0 Å². The van der Waals surface area contributed by atoms with E-state index in [-0.39, 0.29) is 0 Å². The molecule has 1 aliphatic rings. The van der Waals surface area contributed by atoms with Gasteiger partial charge in [0.1, 0.15) is 0 Å². The molecule has 2 nitrogen and oxygen atoms in total. The summed E-state index contributed by atoms with van der Waals surface area (Å²) < 4.78 is 0. The van der Waals surface area contributed by atoms with Crippen molar-refractivity contribution in [1.29, 1.82) is 0 Å². The highest BCUT2D eigenvalue weighted by atomic mass is 15.2. The molecule has 1 N–H and O–H groups in total. The Morgan fingerprint density at radius 3 is 2.71 bits per heavy atom. The third-order valence-corrected chi connectivity index (χ3v) is 3.70. The van der Waals surface area contributed by atoms with Crippen LogP contribution in [-0.2, 0) is 6.54 Å². The molecule has 1 aliphatic heterocycles. The average Bonchev–Trinajstić information content (AvgIpc) is 2.35. The second kappa shape index (κ2) is 6.18. The summed E-state index contributed by atoms with van der Waals surface area (Å²) in [5, 5.41) is 3.32. The monoisotopic (exact) mass is 232 g/mol. The number of aryl methyl sites for hydroxylation is 1. The lowest BCUT2D eigenvalue weighted by molar-refractivity contribution is 0.139. The summed E-state index contributed by atoms with van der Waals surface area (Å²) in [5.74, 6) is 0. The first-order valence-electron chi connectivity index (χ1n) is 6.74. The van der Waals surface area contributed by atoms with Gasteiger partial charge in [-0.1, -0.05) is 36.2 Å². The average molecular weight is 232 g/mol. The van der Waals surface area contributed by atoms with Crippen LogP contribution in [0.2, 0.25) is 0 Å². The highest BCUT2D eigenvalue weighted by molar-refractivity contribution is 5.21. The predicted molar refractivity (Wildman–Crippen MR) is 73.2 cm³/mol. The Hall–Kier alpha value is -0.860. The highest BCUT2D eigenvalue weighted by Gasteiger charge is 2.21. The molecule has 1 saturated heterocycles. The fraction of sp³-hybridized carbons (Fsp3) is 0.600. The molecule has 1 heterocycles. The van der Waals surface area contributed by atoms with Gasteiger partial charge in [0.25, 0.3) is 0 Å². The van der Waals surface area contributed by atoms with Crippen molar-refractivity contribution in [2.24, 2.45) is 0 Å². The van der Waals surface area contributed by atoms with Gasteiger partial charge < -0.3 is 5.32 Å². The molecule has 1 unspecified atom stereocenters. The number of likely N-dealkylation sites (N-methyl/N-ethyl adjacent to an activating group) is 1. The summed E-state index contributed by atoms with van der Waals surface area (Å²) in [6.07, 6.45) is 4.08. The Morgan fingerprint density at radius 2 is 2.00 bits per heavy atom. The summed E-state index contributed by atoms with van der Waals surface area (Å²) >= 11 is 0. The topological polar surface area (TPSA) is 15.3 Å². The summed E-state index contributed by atoms with van der Waals surface area (Å²) in [6.45, 7) is 5.62. The Labute approximate surface area is 105 Å². The Balaban J connectivity index is 1.97. The normalized spacial score (nSPS) is 21.6. The summed E-state index contributed by atoms with van der Waals surface area (Å²) in [4.78, 5) is 2.63. The molecule has 0 aromatic heterocycles. The molecule has 2 rings (SSSR count). The number of likely N-dealkylation sites (tertiary alicyclic amines) is 1. The van der Waals surface area contributed by atoms with E-state index < -0.39 is 0 Å². The number of rotatable bonds is 4. The Bertz CT molecular complexity index is 329. The fourth-order valence-corrected chi connectivity index (χ4v) is 2.66. The smallest absolute Gasteiger partial charge is 0.0237 e. The molecule has 1 atom stereocenters. The number of hydrogen-bond donors (Lipinski definition) is 1. The molecule has 0 saturated carbocycles. The van der Waals surface area contributed by atoms with E-state index in [1.807, 2.05) is 0 Å². The minimum atomic E-state index is 0.718. The van der Waals surface area contributed by atoms with Crippen LogP contribution in [0.5, 0.6) is 0 Å². The van der Waals surface area contributed by atoms with E-state index >= 15 is 0 Å². The lowest BCUT2D eigenvalue weighted by Gasteiger charge is -2.35. The van der Waals surface area contributed by atoms with Gasteiger partial charge in [-0.25, -0.2) is 0 Å². The van der Waals surface area contributed by atoms with Crippen LogP contribution in [-0.4, -0.2) is 31.1 Å². The van der Waals surface area contributed by atoms with Crippen LogP contribution in [0.15, 0.2) is 24.3 Å². The van der Waals surface area contributed by atoms with Gasteiger partial charge in [-0.3, -0.25) is 4.90 Å². The first-order valence-corrected chi connectivity index (χ1v) is 6.74. The third-order valence-electron chi connectivity index (χ3n) is 3.70. The zero-order chi connectivity index (χ0) is 12.1. The molecule has 0 amide bonds. The van der Waals surface area contributed by atoms with Crippen LogP contribution in [0.25, 0.3) is 0 Å². The van der Waals surface area contributed by atoms with Crippen molar-refractivity contribution in [3.63, 3.8) is 0 Å². The molecule has 0 radical (unpaired) electrons. The molecule has 0 bridgehead atoms. The van der Waals surface area contributed by atoms with E-state index in [1.165, 1.54) is 36.9 Å². The van der Waals surface area contributed by atoms with Crippen molar-refractivity contribution in [1.82, 2.24) is 10.2 Å². The maximum atomic E-state index is 3.32. The second-order valence-corrected chi connectivity index (χ2v) is 5.16. The van der Waals surface area contributed by atoms with Gasteiger partial charge in [0.15, 0.2) is 0 Å². The van der Waals surface area contributed by atoms with Gasteiger partial charge in [0.2, 0.25) is 0 Å². The van der Waals surface area contributed by atoms with Crippen LogP contribution >= 0.6 is 0 Å². The first-order chi connectivity index (χ1) is 8.29. The lowest BCUT2D eigenvalue weighted by Crippen LogP contribution is -2.44. The van der Waals surface area contributed by atoms with Crippen molar-refractivity contribution in [3.05, 3.63) is 35.4 Å². The Kier molecular flexibility index (Phi) is 4.57. The molecule has 2 heteroatoms. The van der Waals surface area contributed by atoms with Crippen molar-refractivity contribution in [2.75, 3.05) is 20.1 Å². The Morgan fingerprint density at radius 1 is 1.24 bits per heavy atom.